The van der Waals surface area contributed by atoms with Gasteiger partial charge in [0.2, 0.25) is 5.82 Å². The molecule has 2 aromatic carbocycles. The molecule has 6 nitrogen and oxygen atoms in total. The van der Waals surface area contributed by atoms with E-state index in [1.54, 1.807) is 17.0 Å². The normalized spacial score (nSPS) is 13.0. The van der Waals surface area contributed by atoms with Gasteiger partial charge in [-0.15, -0.1) is 10.2 Å². The first-order chi connectivity index (χ1) is 13.7. The second kappa shape index (κ2) is 6.79. The van der Waals surface area contributed by atoms with Gasteiger partial charge in [-0.2, -0.15) is 0 Å². The van der Waals surface area contributed by atoms with E-state index in [0.29, 0.717) is 22.2 Å². The van der Waals surface area contributed by atoms with Crippen LogP contribution in [-0.4, -0.2) is 25.7 Å². The molecule has 1 aliphatic rings. The molecule has 0 unspecified atom stereocenters. The largest absolute Gasteiger partial charge is 0.307 e. The number of aryl methyl sites for hydroxylation is 1. The molecule has 3 heterocycles. The smallest absolute Gasteiger partial charge is 0.298 e. The van der Waals surface area contributed by atoms with E-state index >= 15 is 0 Å². The van der Waals surface area contributed by atoms with Crippen LogP contribution in [0.3, 0.4) is 0 Å². The fourth-order valence-corrected chi connectivity index (χ4v) is 4.42. The second-order valence-corrected chi connectivity index (χ2v) is 7.66. The van der Waals surface area contributed by atoms with Crippen LogP contribution in [0, 0.1) is 5.82 Å². The van der Waals surface area contributed by atoms with Crippen LogP contribution in [0.15, 0.2) is 48.5 Å². The zero-order valence-corrected chi connectivity index (χ0v) is 15.7. The molecule has 1 amide bonds. The van der Waals surface area contributed by atoms with Crippen molar-refractivity contribution in [3.05, 3.63) is 71.6 Å². The summed E-state index contributed by atoms with van der Waals surface area (Å²) in [6.07, 6.45) is 1.78. The van der Waals surface area contributed by atoms with Crippen molar-refractivity contribution in [2.75, 3.05) is 4.90 Å². The van der Waals surface area contributed by atoms with Gasteiger partial charge in [-0.3, -0.25) is 9.69 Å². The number of nitrogens with zero attached hydrogens (tertiary/aromatic N) is 5. The Balaban J connectivity index is 1.59. The predicted octanol–water partition coefficient (Wildman–Crippen LogP) is 3.82. The molecule has 5 rings (SSSR count). The summed E-state index contributed by atoms with van der Waals surface area (Å²) < 4.78 is 16.7. The molecule has 1 aliphatic heterocycles. The van der Waals surface area contributed by atoms with Crippen LogP contribution in [0.25, 0.3) is 10.2 Å². The number of aromatic nitrogens is 4. The maximum absolute atomic E-state index is 14.2. The number of hydrogen-bond acceptors (Lipinski definition) is 5. The van der Waals surface area contributed by atoms with Crippen LogP contribution in [0.5, 0.6) is 0 Å². The van der Waals surface area contributed by atoms with Crippen molar-refractivity contribution >= 4 is 32.6 Å². The number of benzene rings is 2. The molecule has 0 N–H and O–H groups in total. The van der Waals surface area contributed by atoms with Gasteiger partial charge in [0.1, 0.15) is 17.2 Å². The third-order valence-electron chi connectivity index (χ3n) is 4.82. The number of carbonyl (C=O) groups is 1. The molecule has 0 aliphatic carbocycles. The lowest BCUT2D eigenvalue weighted by atomic mass is 10.2. The molecular weight excluding hydrogens is 377 g/mol. The maximum Gasteiger partial charge on any atom is 0.298 e. The molecule has 0 spiro atoms. The number of hydrogen-bond donors (Lipinski definition) is 0. The number of fused-ring (bicyclic) bond motifs is 2. The summed E-state index contributed by atoms with van der Waals surface area (Å²) >= 11 is 1.29. The first-order valence-corrected chi connectivity index (χ1v) is 9.85. The number of para-hydroxylation sites is 1. The van der Waals surface area contributed by atoms with Crippen LogP contribution in [-0.2, 0) is 19.5 Å². The van der Waals surface area contributed by atoms with Crippen molar-refractivity contribution in [1.82, 2.24) is 19.7 Å². The van der Waals surface area contributed by atoms with E-state index in [9.17, 15) is 9.18 Å². The summed E-state index contributed by atoms with van der Waals surface area (Å²) in [5, 5.41) is 8.72. The zero-order chi connectivity index (χ0) is 19.1. The Morgan fingerprint density at radius 3 is 2.82 bits per heavy atom. The number of thiazole rings is 1. The number of amides is 1. The van der Waals surface area contributed by atoms with E-state index in [1.165, 1.54) is 17.4 Å². The van der Waals surface area contributed by atoms with Crippen LogP contribution in [0.2, 0.25) is 0 Å². The average Bonchev–Trinajstić information content (AvgIpc) is 3.42. The molecule has 8 heteroatoms. The Bertz CT molecular complexity index is 1170. The van der Waals surface area contributed by atoms with E-state index in [0.717, 1.165) is 30.8 Å². The van der Waals surface area contributed by atoms with Gasteiger partial charge in [-0.1, -0.05) is 47.7 Å². The molecule has 28 heavy (non-hydrogen) atoms. The van der Waals surface area contributed by atoms with Gasteiger partial charge < -0.3 is 4.57 Å². The van der Waals surface area contributed by atoms with Crippen molar-refractivity contribution in [3.8, 4) is 0 Å². The van der Waals surface area contributed by atoms with Gasteiger partial charge in [0.25, 0.3) is 5.91 Å². The number of rotatable bonds is 4. The topological polar surface area (TPSA) is 63.9 Å². The molecule has 2 aromatic heterocycles. The monoisotopic (exact) mass is 393 g/mol. The fraction of sp³-hybridized carbons (Fsp3) is 0.200. The van der Waals surface area contributed by atoms with Gasteiger partial charge in [0.15, 0.2) is 5.13 Å². The first kappa shape index (κ1) is 17.0. The summed E-state index contributed by atoms with van der Waals surface area (Å²) in [5.74, 6) is 0.473. The molecule has 0 radical (unpaired) electrons. The lowest BCUT2D eigenvalue weighted by molar-refractivity contribution is 0.0970. The highest BCUT2D eigenvalue weighted by molar-refractivity contribution is 7.22. The fourth-order valence-electron chi connectivity index (χ4n) is 3.44. The predicted molar refractivity (Wildman–Crippen MR) is 105 cm³/mol. The lowest BCUT2D eigenvalue weighted by Crippen LogP contribution is -2.32. The Labute approximate surface area is 164 Å². The van der Waals surface area contributed by atoms with Gasteiger partial charge in [-0.25, -0.2) is 9.37 Å². The van der Waals surface area contributed by atoms with E-state index in [4.69, 9.17) is 0 Å². The Morgan fingerprint density at radius 2 is 2.00 bits per heavy atom. The average molecular weight is 393 g/mol. The van der Waals surface area contributed by atoms with Crippen molar-refractivity contribution in [1.29, 1.82) is 0 Å². The molecule has 0 bridgehead atoms. The van der Waals surface area contributed by atoms with E-state index in [-0.39, 0.29) is 11.4 Å². The molecule has 140 valence electrons. The van der Waals surface area contributed by atoms with Crippen molar-refractivity contribution in [3.63, 3.8) is 0 Å². The minimum atomic E-state index is -0.393. The summed E-state index contributed by atoms with van der Waals surface area (Å²) in [5.41, 5.74) is 1.23. The van der Waals surface area contributed by atoms with E-state index < -0.39 is 5.82 Å². The molecule has 0 saturated carbocycles. The van der Waals surface area contributed by atoms with Gasteiger partial charge in [0.05, 0.1) is 11.2 Å². The van der Waals surface area contributed by atoms with Crippen molar-refractivity contribution in [2.24, 2.45) is 0 Å². The van der Waals surface area contributed by atoms with Gasteiger partial charge in [0, 0.05) is 13.0 Å². The van der Waals surface area contributed by atoms with Gasteiger partial charge in [-0.05, 0) is 24.1 Å². The lowest BCUT2D eigenvalue weighted by Gasteiger charge is -2.19. The summed E-state index contributed by atoms with van der Waals surface area (Å²) in [6, 6.07) is 14.5. The number of halogens is 1. The quantitative estimate of drug-likeness (QED) is 0.529. The van der Waals surface area contributed by atoms with E-state index in [1.807, 2.05) is 34.9 Å². The second-order valence-electron chi connectivity index (χ2n) is 6.65. The van der Waals surface area contributed by atoms with Gasteiger partial charge >= 0.3 is 0 Å². The summed E-state index contributed by atoms with van der Waals surface area (Å²) in [7, 11) is 0. The number of carbonyl (C=O) groups excluding carboxylic acids is 1. The van der Waals surface area contributed by atoms with Crippen LogP contribution in [0.1, 0.15) is 28.4 Å². The van der Waals surface area contributed by atoms with Crippen LogP contribution in [0.4, 0.5) is 9.52 Å². The van der Waals surface area contributed by atoms with Crippen LogP contribution < -0.4 is 4.90 Å². The first-order valence-electron chi connectivity index (χ1n) is 9.03. The van der Waals surface area contributed by atoms with E-state index in [2.05, 4.69) is 15.2 Å². The summed E-state index contributed by atoms with van der Waals surface area (Å²) in [4.78, 5) is 19.4. The van der Waals surface area contributed by atoms with Crippen molar-refractivity contribution in [2.45, 2.75) is 25.9 Å². The standard InChI is InChI=1S/C20H16FN5OS/c21-14-8-4-9-15-17(14)22-20(28-15)26(12-13-6-2-1-3-7-13)19(27)18-24-23-16-10-5-11-25(16)18/h1-4,6-9H,5,10-12H2. The molecule has 4 aromatic rings. The maximum atomic E-state index is 14.2. The SMILES string of the molecule is O=C(c1nnc2n1CCC2)N(Cc1ccccc1)c1nc2c(F)cccc2s1. The minimum Gasteiger partial charge on any atom is -0.307 e. The molecule has 0 fully saturated rings. The third-order valence-corrected chi connectivity index (χ3v) is 5.86. The zero-order valence-electron chi connectivity index (χ0n) is 14.9. The highest BCUT2D eigenvalue weighted by Crippen LogP contribution is 2.32. The highest BCUT2D eigenvalue weighted by atomic mass is 32.1. The highest BCUT2D eigenvalue weighted by Gasteiger charge is 2.29. The Morgan fingerprint density at radius 1 is 1.14 bits per heavy atom. The summed E-state index contributed by atoms with van der Waals surface area (Å²) in [6.45, 7) is 1.06. The number of anilines is 1. The molecular formula is C20H16FN5OS. The minimum absolute atomic E-state index is 0.274. The van der Waals surface area contributed by atoms with Crippen LogP contribution >= 0.6 is 11.3 Å². The molecule has 0 saturated heterocycles. The third kappa shape index (κ3) is 2.86. The molecule has 0 atom stereocenters. The Kier molecular flexibility index (Phi) is 4.12. The Hall–Kier alpha value is -3.13. The van der Waals surface area contributed by atoms with Crippen molar-refractivity contribution < 1.29 is 9.18 Å².